The summed E-state index contributed by atoms with van der Waals surface area (Å²) in [5.41, 5.74) is 7.66. The van der Waals surface area contributed by atoms with E-state index in [9.17, 15) is 4.79 Å². The molecule has 0 atom stereocenters. The summed E-state index contributed by atoms with van der Waals surface area (Å²) in [5, 5.41) is 3.13. The molecule has 1 aromatic carbocycles. The van der Waals surface area contributed by atoms with Crippen LogP contribution in [0.15, 0.2) is 12.1 Å². The zero-order chi connectivity index (χ0) is 15.3. The summed E-state index contributed by atoms with van der Waals surface area (Å²) in [5.74, 6) is 0.113. The summed E-state index contributed by atoms with van der Waals surface area (Å²) in [6, 6.07) is 3.32. The van der Waals surface area contributed by atoms with Crippen LogP contribution < -0.4 is 15.8 Å². The minimum absolute atomic E-state index is 0.0249. The molecule has 20 heavy (non-hydrogen) atoms. The molecule has 0 fully saturated rings. The van der Waals surface area contributed by atoms with E-state index in [-0.39, 0.29) is 18.2 Å². The topological polar surface area (TPSA) is 73.6 Å². The maximum atomic E-state index is 12.0. The zero-order valence-electron chi connectivity index (χ0n) is 12.8. The SMILES string of the molecule is CCNc1cc(C(=O)OC(C)C)cc(OC(C)C)c1N. The van der Waals surface area contributed by atoms with E-state index in [1.54, 1.807) is 12.1 Å². The van der Waals surface area contributed by atoms with Crippen molar-refractivity contribution in [3.05, 3.63) is 17.7 Å². The summed E-state index contributed by atoms with van der Waals surface area (Å²) in [6.07, 6.45) is -0.194. The monoisotopic (exact) mass is 280 g/mol. The number of hydrogen-bond donors (Lipinski definition) is 2. The predicted molar refractivity (Wildman–Crippen MR) is 81.3 cm³/mol. The first-order chi connectivity index (χ1) is 9.35. The number of nitrogen functional groups attached to an aromatic ring is 1. The number of rotatable bonds is 6. The van der Waals surface area contributed by atoms with Crippen molar-refractivity contribution in [1.82, 2.24) is 0 Å². The van der Waals surface area contributed by atoms with Crippen LogP contribution in [0.1, 0.15) is 45.0 Å². The third kappa shape index (κ3) is 4.33. The van der Waals surface area contributed by atoms with E-state index in [0.717, 1.165) is 0 Å². The summed E-state index contributed by atoms with van der Waals surface area (Å²) in [4.78, 5) is 12.0. The van der Waals surface area contributed by atoms with Gasteiger partial charge in [0.1, 0.15) is 5.75 Å². The van der Waals surface area contributed by atoms with Gasteiger partial charge in [-0.3, -0.25) is 0 Å². The van der Waals surface area contributed by atoms with Crippen molar-refractivity contribution in [3.63, 3.8) is 0 Å². The highest BCUT2D eigenvalue weighted by Gasteiger charge is 2.16. The second kappa shape index (κ2) is 7.03. The lowest BCUT2D eigenvalue weighted by Gasteiger charge is -2.17. The Bertz CT molecular complexity index is 470. The molecule has 0 amide bonds. The van der Waals surface area contributed by atoms with Gasteiger partial charge in [-0.15, -0.1) is 0 Å². The lowest BCUT2D eigenvalue weighted by atomic mass is 10.1. The molecule has 3 N–H and O–H groups in total. The van der Waals surface area contributed by atoms with Gasteiger partial charge in [0.15, 0.2) is 0 Å². The Balaban J connectivity index is 3.17. The summed E-state index contributed by atoms with van der Waals surface area (Å²) >= 11 is 0. The molecule has 5 heteroatoms. The number of benzene rings is 1. The van der Waals surface area contributed by atoms with Gasteiger partial charge < -0.3 is 20.5 Å². The first kappa shape index (κ1) is 16.1. The van der Waals surface area contributed by atoms with Crippen LogP contribution in [0.3, 0.4) is 0 Å². The van der Waals surface area contributed by atoms with Crippen LogP contribution in [0.25, 0.3) is 0 Å². The fourth-order valence-electron chi connectivity index (χ4n) is 1.71. The number of anilines is 2. The Hall–Kier alpha value is -1.91. The fraction of sp³-hybridized carbons (Fsp3) is 0.533. The zero-order valence-corrected chi connectivity index (χ0v) is 12.8. The van der Waals surface area contributed by atoms with Gasteiger partial charge in [0.2, 0.25) is 0 Å². The number of nitrogens with one attached hydrogen (secondary N) is 1. The van der Waals surface area contributed by atoms with E-state index < -0.39 is 0 Å². The number of esters is 1. The van der Waals surface area contributed by atoms with Crippen LogP contribution in [0.2, 0.25) is 0 Å². The maximum absolute atomic E-state index is 12.0. The van der Waals surface area contributed by atoms with Gasteiger partial charge >= 0.3 is 5.97 Å². The molecule has 0 radical (unpaired) electrons. The Labute approximate surface area is 120 Å². The average molecular weight is 280 g/mol. The number of hydrogen-bond acceptors (Lipinski definition) is 5. The quantitative estimate of drug-likeness (QED) is 0.619. The fourth-order valence-corrected chi connectivity index (χ4v) is 1.71. The maximum Gasteiger partial charge on any atom is 0.338 e. The summed E-state index contributed by atoms with van der Waals surface area (Å²) < 4.78 is 10.9. The van der Waals surface area contributed by atoms with Gasteiger partial charge in [-0.2, -0.15) is 0 Å². The molecule has 0 saturated carbocycles. The molecule has 0 aliphatic rings. The highest BCUT2D eigenvalue weighted by Crippen LogP contribution is 2.32. The van der Waals surface area contributed by atoms with Crippen LogP contribution in [-0.2, 0) is 4.74 Å². The van der Waals surface area contributed by atoms with Crippen LogP contribution in [0.4, 0.5) is 11.4 Å². The lowest BCUT2D eigenvalue weighted by Crippen LogP contribution is -2.14. The molecule has 5 nitrogen and oxygen atoms in total. The van der Waals surface area contributed by atoms with Crippen LogP contribution in [-0.4, -0.2) is 24.7 Å². The second-order valence-corrected chi connectivity index (χ2v) is 5.09. The molecule has 0 saturated heterocycles. The van der Waals surface area contributed by atoms with Crippen molar-refractivity contribution in [2.24, 2.45) is 0 Å². The van der Waals surface area contributed by atoms with Crippen LogP contribution in [0.5, 0.6) is 5.75 Å². The van der Waals surface area contributed by atoms with E-state index >= 15 is 0 Å². The second-order valence-electron chi connectivity index (χ2n) is 5.09. The Morgan fingerprint density at radius 3 is 2.40 bits per heavy atom. The molecule has 112 valence electrons. The Morgan fingerprint density at radius 1 is 1.25 bits per heavy atom. The molecule has 0 aromatic heterocycles. The van der Waals surface area contributed by atoms with E-state index in [0.29, 0.717) is 29.2 Å². The van der Waals surface area contributed by atoms with Crippen molar-refractivity contribution in [1.29, 1.82) is 0 Å². The van der Waals surface area contributed by atoms with Gasteiger partial charge in [0.05, 0.1) is 29.1 Å². The minimum atomic E-state index is -0.382. The third-order valence-corrected chi connectivity index (χ3v) is 2.45. The molecule has 0 aliphatic carbocycles. The molecular weight excluding hydrogens is 256 g/mol. The van der Waals surface area contributed by atoms with E-state index in [2.05, 4.69) is 5.32 Å². The molecular formula is C15H24N2O3. The van der Waals surface area contributed by atoms with Gasteiger partial charge in [-0.05, 0) is 46.8 Å². The predicted octanol–water partition coefficient (Wildman–Crippen LogP) is 3.05. The largest absolute Gasteiger partial charge is 0.489 e. The van der Waals surface area contributed by atoms with Crippen molar-refractivity contribution in [3.8, 4) is 5.75 Å². The summed E-state index contributed by atoms with van der Waals surface area (Å²) in [7, 11) is 0. The molecule has 0 unspecified atom stereocenters. The van der Waals surface area contributed by atoms with E-state index in [4.69, 9.17) is 15.2 Å². The molecule has 1 aromatic rings. The number of carbonyl (C=O) groups is 1. The van der Waals surface area contributed by atoms with Crippen molar-refractivity contribution < 1.29 is 14.3 Å². The molecule has 0 bridgehead atoms. The van der Waals surface area contributed by atoms with Crippen molar-refractivity contribution in [2.45, 2.75) is 46.8 Å². The third-order valence-electron chi connectivity index (χ3n) is 2.45. The molecule has 0 heterocycles. The van der Waals surface area contributed by atoms with Gasteiger partial charge in [0.25, 0.3) is 0 Å². The van der Waals surface area contributed by atoms with Gasteiger partial charge in [-0.25, -0.2) is 4.79 Å². The van der Waals surface area contributed by atoms with E-state index in [1.165, 1.54) is 0 Å². The first-order valence-corrected chi connectivity index (χ1v) is 6.90. The Kier molecular flexibility index (Phi) is 5.67. The van der Waals surface area contributed by atoms with Gasteiger partial charge in [0, 0.05) is 6.54 Å². The van der Waals surface area contributed by atoms with E-state index in [1.807, 2.05) is 34.6 Å². The molecule has 0 aliphatic heterocycles. The highest BCUT2D eigenvalue weighted by molar-refractivity contribution is 5.93. The van der Waals surface area contributed by atoms with Gasteiger partial charge in [-0.1, -0.05) is 0 Å². The summed E-state index contributed by atoms with van der Waals surface area (Å²) in [6.45, 7) is 10.1. The standard InChI is InChI=1S/C15H24N2O3/c1-6-17-12-7-11(15(18)20-10(4)5)8-13(14(12)16)19-9(2)3/h7-10,17H,6,16H2,1-5H3. The molecule has 1 rings (SSSR count). The van der Waals surface area contributed by atoms with Crippen molar-refractivity contribution >= 4 is 17.3 Å². The minimum Gasteiger partial charge on any atom is -0.489 e. The number of ether oxygens (including phenoxy) is 2. The van der Waals surface area contributed by atoms with Crippen molar-refractivity contribution in [2.75, 3.05) is 17.6 Å². The van der Waals surface area contributed by atoms with Crippen LogP contribution in [0, 0.1) is 0 Å². The lowest BCUT2D eigenvalue weighted by molar-refractivity contribution is 0.0377. The first-order valence-electron chi connectivity index (χ1n) is 6.90. The highest BCUT2D eigenvalue weighted by atomic mass is 16.5. The Morgan fingerprint density at radius 2 is 1.90 bits per heavy atom. The number of carbonyl (C=O) groups excluding carboxylic acids is 1. The number of nitrogens with two attached hydrogens (primary N) is 1. The van der Waals surface area contributed by atoms with Crippen LogP contribution >= 0.6 is 0 Å². The average Bonchev–Trinajstić information content (AvgIpc) is 2.32. The normalized spacial score (nSPS) is 10.8. The smallest absolute Gasteiger partial charge is 0.338 e. The molecule has 0 spiro atoms.